The van der Waals surface area contributed by atoms with Gasteiger partial charge in [-0.1, -0.05) is 37.3 Å². The number of anilines is 1. The Morgan fingerprint density at radius 1 is 1.14 bits per heavy atom. The standard InChI is InChI=1S/C22H25N5O2/c1-2-17-25-19-20(23-15-24-21(19)29-17)26-10-8-22(9-11-26)12-18(28)27(14-22)13-16-6-4-3-5-7-16/h3-7,15H,2,8-14H2,1H3. The zero-order chi connectivity index (χ0) is 19.8. The number of piperidine rings is 1. The molecule has 2 aromatic heterocycles. The average Bonchev–Trinajstić information content (AvgIpc) is 3.30. The molecule has 2 fully saturated rings. The van der Waals surface area contributed by atoms with Crippen molar-refractivity contribution in [1.29, 1.82) is 0 Å². The van der Waals surface area contributed by atoms with E-state index in [-0.39, 0.29) is 11.3 Å². The lowest BCUT2D eigenvalue weighted by molar-refractivity contribution is -0.128. The maximum Gasteiger partial charge on any atom is 0.252 e. The largest absolute Gasteiger partial charge is 0.422 e. The predicted molar refractivity (Wildman–Crippen MR) is 109 cm³/mol. The molecule has 7 heteroatoms. The number of fused-ring (bicyclic) bond motifs is 1. The number of carbonyl (C=O) groups is 1. The summed E-state index contributed by atoms with van der Waals surface area (Å²) in [5.74, 6) is 1.81. The van der Waals surface area contributed by atoms with Crippen molar-refractivity contribution >= 4 is 23.0 Å². The van der Waals surface area contributed by atoms with E-state index < -0.39 is 0 Å². The van der Waals surface area contributed by atoms with Crippen LogP contribution in [0.3, 0.4) is 0 Å². The quantitative estimate of drug-likeness (QED) is 0.680. The van der Waals surface area contributed by atoms with Crippen LogP contribution in [0, 0.1) is 5.41 Å². The first-order valence-corrected chi connectivity index (χ1v) is 10.3. The Morgan fingerprint density at radius 2 is 1.93 bits per heavy atom. The molecule has 1 aromatic carbocycles. The van der Waals surface area contributed by atoms with Gasteiger partial charge in [0, 0.05) is 44.4 Å². The molecule has 5 rings (SSSR count). The van der Waals surface area contributed by atoms with Crippen LogP contribution in [0.15, 0.2) is 41.1 Å². The molecule has 2 aliphatic heterocycles. The van der Waals surface area contributed by atoms with Gasteiger partial charge in [0.1, 0.15) is 6.33 Å². The molecule has 0 radical (unpaired) electrons. The zero-order valence-electron chi connectivity index (χ0n) is 16.7. The molecular weight excluding hydrogens is 366 g/mol. The summed E-state index contributed by atoms with van der Waals surface area (Å²) in [5.41, 5.74) is 2.56. The minimum Gasteiger partial charge on any atom is -0.422 e. The summed E-state index contributed by atoms with van der Waals surface area (Å²) >= 11 is 0. The lowest BCUT2D eigenvalue weighted by Gasteiger charge is -2.39. The number of hydrogen-bond acceptors (Lipinski definition) is 6. The van der Waals surface area contributed by atoms with Crippen LogP contribution in [0.1, 0.15) is 37.6 Å². The Bertz CT molecular complexity index is 1020. The van der Waals surface area contributed by atoms with Gasteiger partial charge in [-0.2, -0.15) is 4.98 Å². The second kappa shape index (κ2) is 7.13. The molecule has 1 spiro atoms. The number of oxazole rings is 1. The smallest absolute Gasteiger partial charge is 0.252 e. The number of amides is 1. The molecule has 7 nitrogen and oxygen atoms in total. The van der Waals surface area contributed by atoms with Gasteiger partial charge in [-0.25, -0.2) is 9.97 Å². The molecule has 0 atom stereocenters. The summed E-state index contributed by atoms with van der Waals surface area (Å²) in [5, 5.41) is 0. The third-order valence-electron chi connectivity index (χ3n) is 6.27. The number of aromatic nitrogens is 3. The van der Waals surface area contributed by atoms with Crippen LogP contribution in [0.5, 0.6) is 0 Å². The van der Waals surface area contributed by atoms with Gasteiger partial charge in [-0.3, -0.25) is 4.79 Å². The van der Waals surface area contributed by atoms with Gasteiger partial charge < -0.3 is 14.2 Å². The lowest BCUT2D eigenvalue weighted by atomic mass is 9.77. The first kappa shape index (κ1) is 18.1. The van der Waals surface area contributed by atoms with Crippen LogP contribution in [0.2, 0.25) is 0 Å². The van der Waals surface area contributed by atoms with E-state index in [0.717, 1.165) is 50.2 Å². The van der Waals surface area contributed by atoms with E-state index in [9.17, 15) is 4.79 Å². The van der Waals surface area contributed by atoms with Crippen LogP contribution >= 0.6 is 0 Å². The Kier molecular flexibility index (Phi) is 4.45. The van der Waals surface area contributed by atoms with Crippen molar-refractivity contribution in [3.05, 3.63) is 48.1 Å². The molecule has 0 N–H and O–H groups in total. The van der Waals surface area contributed by atoms with E-state index in [4.69, 9.17) is 4.42 Å². The monoisotopic (exact) mass is 391 g/mol. The predicted octanol–water partition coefficient (Wildman–Crippen LogP) is 3.20. The number of aryl methyl sites for hydroxylation is 1. The highest BCUT2D eigenvalue weighted by Gasteiger charge is 2.45. The van der Waals surface area contributed by atoms with Crippen molar-refractivity contribution in [3.63, 3.8) is 0 Å². The van der Waals surface area contributed by atoms with Gasteiger partial charge in [0.05, 0.1) is 0 Å². The van der Waals surface area contributed by atoms with Gasteiger partial charge in [0.25, 0.3) is 5.71 Å². The Hall–Kier alpha value is -2.96. The lowest BCUT2D eigenvalue weighted by Crippen LogP contribution is -2.42. The molecule has 29 heavy (non-hydrogen) atoms. The SMILES string of the molecule is CCc1nc2c(N3CCC4(CC3)CC(=O)N(Cc3ccccc3)C4)ncnc2o1. The third-order valence-corrected chi connectivity index (χ3v) is 6.27. The summed E-state index contributed by atoms with van der Waals surface area (Å²) in [6.45, 7) is 5.30. The fourth-order valence-corrected chi connectivity index (χ4v) is 4.63. The van der Waals surface area contributed by atoms with Gasteiger partial charge >= 0.3 is 0 Å². The average molecular weight is 391 g/mol. The van der Waals surface area contributed by atoms with Crippen molar-refractivity contribution < 1.29 is 9.21 Å². The first-order valence-electron chi connectivity index (χ1n) is 10.3. The molecule has 0 bridgehead atoms. The Labute approximate surface area is 169 Å². The van der Waals surface area contributed by atoms with E-state index in [1.54, 1.807) is 6.33 Å². The molecule has 2 aliphatic rings. The highest BCUT2D eigenvalue weighted by Crippen LogP contribution is 2.42. The Morgan fingerprint density at radius 3 is 2.69 bits per heavy atom. The molecule has 0 unspecified atom stereocenters. The van der Waals surface area contributed by atoms with Crippen molar-refractivity contribution in [2.45, 2.75) is 39.2 Å². The molecule has 1 amide bonds. The second-order valence-corrected chi connectivity index (χ2v) is 8.21. The van der Waals surface area contributed by atoms with E-state index in [1.807, 2.05) is 30.0 Å². The minimum atomic E-state index is 0.0763. The molecular formula is C22H25N5O2. The third kappa shape index (κ3) is 3.34. The summed E-state index contributed by atoms with van der Waals surface area (Å²) in [7, 11) is 0. The van der Waals surface area contributed by atoms with E-state index in [2.05, 4.69) is 32.0 Å². The fraction of sp³-hybridized carbons (Fsp3) is 0.455. The molecule has 3 aromatic rings. The van der Waals surface area contributed by atoms with Gasteiger partial charge in [0.2, 0.25) is 5.91 Å². The topological polar surface area (TPSA) is 75.4 Å². The first-order chi connectivity index (χ1) is 14.2. The van der Waals surface area contributed by atoms with Crippen LogP contribution in [0.25, 0.3) is 11.2 Å². The summed E-state index contributed by atoms with van der Waals surface area (Å²) in [6, 6.07) is 10.2. The second-order valence-electron chi connectivity index (χ2n) is 8.21. The molecule has 4 heterocycles. The maximum atomic E-state index is 12.7. The number of rotatable bonds is 4. The minimum absolute atomic E-state index is 0.0763. The highest BCUT2D eigenvalue weighted by molar-refractivity contribution is 5.82. The van der Waals surface area contributed by atoms with Crippen molar-refractivity contribution in [1.82, 2.24) is 19.9 Å². The van der Waals surface area contributed by atoms with E-state index in [1.165, 1.54) is 5.56 Å². The van der Waals surface area contributed by atoms with Crippen molar-refractivity contribution in [3.8, 4) is 0 Å². The zero-order valence-corrected chi connectivity index (χ0v) is 16.7. The molecule has 0 aliphatic carbocycles. The summed E-state index contributed by atoms with van der Waals surface area (Å²) in [6.07, 6.45) is 4.89. The van der Waals surface area contributed by atoms with E-state index >= 15 is 0 Å². The normalized spacial score (nSPS) is 18.9. The number of nitrogens with zero attached hydrogens (tertiary/aromatic N) is 5. The number of benzene rings is 1. The number of carbonyl (C=O) groups excluding carboxylic acids is 1. The van der Waals surface area contributed by atoms with Crippen molar-refractivity contribution in [2.24, 2.45) is 5.41 Å². The maximum absolute atomic E-state index is 12.7. The van der Waals surface area contributed by atoms with Gasteiger partial charge in [0.15, 0.2) is 17.2 Å². The molecule has 0 saturated carbocycles. The van der Waals surface area contributed by atoms with Gasteiger partial charge in [-0.15, -0.1) is 0 Å². The highest BCUT2D eigenvalue weighted by atomic mass is 16.4. The number of likely N-dealkylation sites (tertiary alicyclic amines) is 1. The molecule has 150 valence electrons. The number of hydrogen-bond donors (Lipinski definition) is 0. The summed E-state index contributed by atoms with van der Waals surface area (Å²) in [4.78, 5) is 30.3. The van der Waals surface area contributed by atoms with Crippen LogP contribution in [0.4, 0.5) is 5.82 Å². The Balaban J connectivity index is 1.29. The van der Waals surface area contributed by atoms with Crippen molar-refractivity contribution in [2.75, 3.05) is 24.5 Å². The summed E-state index contributed by atoms with van der Waals surface area (Å²) < 4.78 is 5.69. The van der Waals surface area contributed by atoms with Crippen LogP contribution in [-0.4, -0.2) is 45.4 Å². The van der Waals surface area contributed by atoms with Gasteiger partial charge in [-0.05, 0) is 18.4 Å². The van der Waals surface area contributed by atoms with Crippen LogP contribution in [-0.2, 0) is 17.8 Å². The van der Waals surface area contributed by atoms with Crippen LogP contribution < -0.4 is 4.90 Å². The van der Waals surface area contributed by atoms with E-state index in [0.29, 0.717) is 24.6 Å². The fourth-order valence-electron chi connectivity index (χ4n) is 4.63. The molecule has 2 saturated heterocycles.